The van der Waals surface area contributed by atoms with Crippen molar-refractivity contribution in [2.45, 2.75) is 187 Å². The van der Waals surface area contributed by atoms with E-state index in [9.17, 15) is 19.0 Å². The summed E-state index contributed by atoms with van der Waals surface area (Å²) in [5, 5.41) is 0. The van der Waals surface area contributed by atoms with E-state index in [0.717, 1.165) is 70.6 Å². The molecule has 0 amide bonds. The lowest BCUT2D eigenvalue weighted by Gasteiger charge is -2.28. The fraction of sp³-hybridized carbons (Fsp3) is 0.750. The topological polar surface area (TPSA) is 111 Å². The van der Waals surface area contributed by atoms with E-state index in [0.29, 0.717) is 17.4 Å². The van der Waals surface area contributed by atoms with Crippen LogP contribution in [0.2, 0.25) is 0 Å². The van der Waals surface area contributed by atoms with Crippen molar-refractivity contribution in [2.75, 3.05) is 47.5 Å². The number of likely N-dealkylation sites (N-methyl/N-ethyl adjacent to an activating group) is 1. The molecule has 0 aliphatic carbocycles. The van der Waals surface area contributed by atoms with Crippen molar-refractivity contribution >= 4 is 19.8 Å². The minimum Gasteiger partial charge on any atom is -0.756 e. The second kappa shape index (κ2) is 40.1. The Kier molecular flexibility index (Phi) is 38.5. The summed E-state index contributed by atoms with van der Waals surface area (Å²) in [5.41, 5.74) is 0. The third kappa shape index (κ3) is 43.3. The molecule has 0 aromatic rings. The van der Waals surface area contributed by atoms with Crippen molar-refractivity contribution in [2.24, 2.45) is 0 Å². The van der Waals surface area contributed by atoms with Crippen LogP contribution in [0.4, 0.5) is 0 Å². The molecule has 9 nitrogen and oxygen atoms in total. The third-order valence-electron chi connectivity index (χ3n) is 9.52. The van der Waals surface area contributed by atoms with Crippen molar-refractivity contribution in [1.29, 1.82) is 0 Å². The van der Waals surface area contributed by atoms with E-state index in [1.165, 1.54) is 77.0 Å². The number of ether oxygens (including phenoxy) is 2. The molecule has 0 N–H and O–H groups in total. The van der Waals surface area contributed by atoms with Gasteiger partial charge in [0.2, 0.25) is 0 Å². The van der Waals surface area contributed by atoms with Gasteiger partial charge in [-0.15, -0.1) is 0 Å². The molecule has 10 heteroatoms. The van der Waals surface area contributed by atoms with Crippen molar-refractivity contribution < 1.29 is 42.1 Å². The summed E-state index contributed by atoms with van der Waals surface area (Å²) in [5.74, 6) is -0.890. The highest BCUT2D eigenvalue weighted by Crippen LogP contribution is 2.38. The second-order valence-electron chi connectivity index (χ2n) is 16.4. The van der Waals surface area contributed by atoms with Gasteiger partial charge in [-0.2, -0.15) is 0 Å². The molecule has 0 spiro atoms. The minimum absolute atomic E-state index is 0.0419. The lowest BCUT2D eigenvalue weighted by Crippen LogP contribution is -2.37. The highest BCUT2D eigenvalue weighted by molar-refractivity contribution is 7.45. The molecule has 0 saturated heterocycles. The third-order valence-corrected chi connectivity index (χ3v) is 10.5. The Morgan fingerprint density at radius 1 is 0.552 bits per heavy atom. The Balaban J connectivity index is 4.38. The van der Waals surface area contributed by atoms with Gasteiger partial charge in [0.25, 0.3) is 7.82 Å². The molecule has 0 fully saturated rings. The van der Waals surface area contributed by atoms with Crippen LogP contribution in [0.1, 0.15) is 181 Å². The Labute approximate surface area is 356 Å². The molecule has 0 aromatic carbocycles. The Morgan fingerprint density at radius 3 is 1.52 bits per heavy atom. The van der Waals surface area contributed by atoms with Crippen molar-refractivity contribution in [1.82, 2.24) is 0 Å². The molecule has 0 radical (unpaired) electrons. The number of phosphoric acid groups is 1. The van der Waals surface area contributed by atoms with Crippen LogP contribution in [0.25, 0.3) is 0 Å². The van der Waals surface area contributed by atoms with E-state index in [2.05, 4.69) is 74.6 Å². The van der Waals surface area contributed by atoms with Gasteiger partial charge in [0.1, 0.15) is 19.8 Å². The van der Waals surface area contributed by atoms with E-state index < -0.39 is 32.5 Å². The first kappa shape index (κ1) is 55.7. The molecular weight excluding hydrogens is 750 g/mol. The van der Waals surface area contributed by atoms with E-state index in [1.54, 1.807) is 0 Å². The van der Waals surface area contributed by atoms with Gasteiger partial charge >= 0.3 is 11.9 Å². The number of allylic oxidation sites excluding steroid dienone is 10. The van der Waals surface area contributed by atoms with Crippen LogP contribution < -0.4 is 4.89 Å². The van der Waals surface area contributed by atoms with Gasteiger partial charge in [0.05, 0.1) is 27.7 Å². The van der Waals surface area contributed by atoms with Gasteiger partial charge in [0, 0.05) is 12.8 Å². The van der Waals surface area contributed by atoms with Crippen LogP contribution in [0.5, 0.6) is 0 Å². The van der Waals surface area contributed by atoms with Crippen LogP contribution in [0, 0.1) is 0 Å². The lowest BCUT2D eigenvalue weighted by molar-refractivity contribution is -0.870. The monoisotopic (exact) mass is 836 g/mol. The molecule has 0 heterocycles. The summed E-state index contributed by atoms with van der Waals surface area (Å²) in [6.07, 6.45) is 48.3. The number of esters is 2. The molecule has 0 aliphatic rings. The lowest BCUT2D eigenvalue weighted by atomic mass is 10.1. The smallest absolute Gasteiger partial charge is 0.306 e. The van der Waals surface area contributed by atoms with Crippen molar-refractivity contribution in [3.8, 4) is 0 Å². The molecule has 336 valence electrons. The Hall–Kier alpha value is -2.29. The number of hydrogen-bond donors (Lipinski definition) is 0. The highest BCUT2D eigenvalue weighted by Gasteiger charge is 2.21. The van der Waals surface area contributed by atoms with Gasteiger partial charge in [-0.25, -0.2) is 0 Å². The van der Waals surface area contributed by atoms with Crippen LogP contribution in [0.15, 0.2) is 60.8 Å². The van der Waals surface area contributed by atoms with Crippen molar-refractivity contribution in [3.63, 3.8) is 0 Å². The molecular formula is C48H86NO8P. The van der Waals surface area contributed by atoms with Gasteiger partial charge in [-0.1, -0.05) is 152 Å². The highest BCUT2D eigenvalue weighted by atomic mass is 31.2. The molecule has 0 aliphatic heterocycles. The first-order chi connectivity index (χ1) is 28.0. The molecule has 1 unspecified atom stereocenters. The van der Waals surface area contributed by atoms with Gasteiger partial charge in [-0.05, 0) is 77.0 Å². The second-order valence-corrected chi connectivity index (χ2v) is 17.8. The summed E-state index contributed by atoms with van der Waals surface area (Å²) in [6.45, 7) is 4.05. The minimum atomic E-state index is -4.64. The zero-order valence-corrected chi connectivity index (χ0v) is 38.6. The maximum atomic E-state index is 12.7. The summed E-state index contributed by atoms with van der Waals surface area (Å²) >= 11 is 0. The van der Waals surface area contributed by atoms with Crippen LogP contribution in [0.3, 0.4) is 0 Å². The number of quaternary nitrogens is 1. The Morgan fingerprint density at radius 2 is 0.983 bits per heavy atom. The molecule has 58 heavy (non-hydrogen) atoms. The van der Waals surface area contributed by atoms with Crippen LogP contribution in [-0.2, 0) is 32.7 Å². The first-order valence-corrected chi connectivity index (χ1v) is 24.5. The predicted molar refractivity (Wildman–Crippen MR) is 240 cm³/mol. The van der Waals surface area contributed by atoms with E-state index in [1.807, 2.05) is 21.1 Å². The maximum absolute atomic E-state index is 12.7. The van der Waals surface area contributed by atoms with E-state index in [4.69, 9.17) is 18.5 Å². The van der Waals surface area contributed by atoms with Crippen molar-refractivity contribution in [3.05, 3.63) is 60.8 Å². The van der Waals surface area contributed by atoms with Crippen LogP contribution >= 0.6 is 7.82 Å². The fourth-order valence-electron chi connectivity index (χ4n) is 5.93. The van der Waals surface area contributed by atoms with Crippen LogP contribution in [-0.4, -0.2) is 70.0 Å². The van der Waals surface area contributed by atoms with Gasteiger partial charge < -0.3 is 27.9 Å². The average molecular weight is 836 g/mol. The number of carbonyl (C=O) groups is 2. The first-order valence-electron chi connectivity index (χ1n) is 23.0. The zero-order chi connectivity index (χ0) is 42.8. The molecule has 2 atom stereocenters. The Bertz CT molecular complexity index is 1170. The standard InChI is InChI=1S/C48H86NO8P/c1-6-8-10-12-14-16-18-20-22-23-24-25-27-28-30-32-34-36-38-40-47(50)54-44-46(45-56-58(52,53)55-43-42-49(3,4)5)57-48(51)41-39-37-35-33-31-29-26-21-19-17-15-13-11-9-7-2/h9,11,15,17,21,23-24,26,31,33,46H,6-8,10,12-14,16,18-20,22,25,27-30,32,34-45H2,1-5H3/b11-9-,17-15-,24-23-,26-21-,33-31-/t46-/m1/s1. The summed E-state index contributed by atoms with van der Waals surface area (Å²) in [4.78, 5) is 37.6. The van der Waals surface area contributed by atoms with E-state index in [-0.39, 0.29) is 26.1 Å². The normalized spacial score (nSPS) is 14.1. The molecule has 0 saturated carbocycles. The van der Waals surface area contributed by atoms with Gasteiger partial charge in [-0.3, -0.25) is 14.2 Å². The predicted octanol–water partition coefficient (Wildman–Crippen LogP) is 12.6. The quantitative estimate of drug-likeness (QED) is 0.0197. The number of carbonyl (C=O) groups excluding carboxylic acids is 2. The molecule has 0 bridgehead atoms. The van der Waals surface area contributed by atoms with Gasteiger partial charge in [0.15, 0.2) is 6.10 Å². The zero-order valence-electron chi connectivity index (χ0n) is 37.7. The fourth-order valence-corrected chi connectivity index (χ4v) is 6.66. The molecule has 0 aromatic heterocycles. The summed E-state index contributed by atoms with van der Waals surface area (Å²) < 4.78 is 33.9. The van der Waals surface area contributed by atoms with E-state index >= 15 is 0 Å². The maximum Gasteiger partial charge on any atom is 0.306 e. The summed E-state index contributed by atoms with van der Waals surface area (Å²) in [6, 6.07) is 0. The number of phosphoric ester groups is 1. The summed E-state index contributed by atoms with van der Waals surface area (Å²) in [7, 11) is 1.13. The number of unbranched alkanes of at least 4 members (excludes halogenated alkanes) is 17. The largest absolute Gasteiger partial charge is 0.756 e. The number of nitrogens with zero attached hydrogens (tertiary/aromatic N) is 1. The number of hydrogen-bond acceptors (Lipinski definition) is 8. The molecule has 0 rings (SSSR count). The SMILES string of the molecule is CC/C=C\C/C=C\C/C=C\C/C=C\CCCCC(=O)O[C@H](COC(=O)CCCCCCCCC/C=C\CCCCCCCCCC)COP(=O)([O-])OCC[N+](C)(C)C. The average Bonchev–Trinajstić information content (AvgIpc) is 3.17. The number of rotatable bonds is 41.